The second-order valence-electron chi connectivity index (χ2n) is 4.93. The molecule has 0 spiro atoms. The van der Waals surface area contributed by atoms with E-state index in [2.05, 4.69) is 10.3 Å². The van der Waals surface area contributed by atoms with Crippen LogP contribution in [0.1, 0.15) is 0 Å². The number of nitrogens with two attached hydrogens (primary N) is 2. The normalized spacial score (nSPS) is 25.3. The predicted molar refractivity (Wildman–Crippen MR) is 81.3 cm³/mol. The average molecular weight is 344 g/mol. The largest absolute Gasteiger partial charge is 0.478 e. The summed E-state index contributed by atoms with van der Waals surface area (Å²) in [5.74, 6) is -0.776. The molecule has 0 fully saturated rings. The van der Waals surface area contributed by atoms with E-state index in [1.54, 1.807) is 0 Å². The van der Waals surface area contributed by atoms with Gasteiger partial charge < -0.3 is 41.6 Å². The highest BCUT2D eigenvalue weighted by molar-refractivity contribution is 5.85. The maximum absolute atomic E-state index is 11.2. The summed E-state index contributed by atoms with van der Waals surface area (Å²) in [6.07, 6.45) is -2.21. The summed E-state index contributed by atoms with van der Waals surface area (Å²) >= 11 is 0. The number of aliphatic carboxylic acids is 1. The van der Waals surface area contributed by atoms with E-state index in [1.165, 1.54) is 13.1 Å². The Bertz CT molecular complexity index is 555. The summed E-state index contributed by atoms with van der Waals surface area (Å²) in [5.41, 5.74) is 10.7. The number of aliphatic hydroxyl groups is 2. The van der Waals surface area contributed by atoms with Crippen LogP contribution in [-0.4, -0.2) is 77.3 Å². The molecule has 11 heteroatoms. The molecule has 0 aliphatic carbocycles. The van der Waals surface area contributed by atoms with Crippen molar-refractivity contribution in [2.45, 2.75) is 30.4 Å². The van der Waals surface area contributed by atoms with Gasteiger partial charge in [0, 0.05) is 7.11 Å². The molecule has 134 valence electrons. The second kappa shape index (κ2) is 8.89. The standard InChI is InChI=1S/C13H20N4O7/c1-23-5-7(19)10(20)11-9(16-2-3-18)6(17-13(14)15)4-8(24-11)12(21)22/h2,4,6-7,9-11,16,19-20H,5H2,1H3,(H,21,22)(H4,14,15,17)/t6?,7?,9?,10?,11-/m1/s1. The molecule has 0 amide bonds. The molecule has 0 aromatic rings. The number of carbonyl (C=O) groups excluding carboxylic acids is 1. The number of hydrogen-bond donors (Lipinski definition) is 6. The number of guanidine groups is 1. The summed E-state index contributed by atoms with van der Waals surface area (Å²) in [7, 11) is 1.31. The first kappa shape index (κ1) is 19.5. The van der Waals surface area contributed by atoms with Crippen LogP contribution in [0, 0.1) is 0 Å². The Morgan fingerprint density at radius 3 is 2.75 bits per heavy atom. The van der Waals surface area contributed by atoms with Crippen LogP contribution >= 0.6 is 0 Å². The van der Waals surface area contributed by atoms with E-state index < -0.39 is 42.1 Å². The fourth-order valence-electron chi connectivity index (χ4n) is 2.22. The summed E-state index contributed by atoms with van der Waals surface area (Å²) in [6, 6.07) is -1.92. The fraction of sp³-hybridized carbons (Fsp3) is 0.538. The maximum Gasteiger partial charge on any atom is 0.370 e. The Hall–Kier alpha value is -2.59. The molecule has 11 nitrogen and oxygen atoms in total. The Labute approximate surface area is 137 Å². The molecule has 4 unspecified atom stereocenters. The number of hydrogen-bond acceptors (Lipinski definition) is 8. The minimum atomic E-state index is -1.55. The lowest BCUT2D eigenvalue weighted by atomic mass is 9.92. The van der Waals surface area contributed by atoms with Gasteiger partial charge in [-0.1, -0.05) is 0 Å². The van der Waals surface area contributed by atoms with Gasteiger partial charge in [0.25, 0.3) is 0 Å². The summed E-state index contributed by atoms with van der Waals surface area (Å²) in [5, 5.41) is 31.8. The monoisotopic (exact) mass is 344 g/mol. The van der Waals surface area contributed by atoms with E-state index in [4.69, 9.17) is 26.0 Å². The van der Waals surface area contributed by atoms with Crippen molar-refractivity contribution in [3.63, 3.8) is 0 Å². The van der Waals surface area contributed by atoms with Crippen LogP contribution in [0.2, 0.25) is 0 Å². The first-order valence-corrected chi connectivity index (χ1v) is 6.82. The smallest absolute Gasteiger partial charge is 0.370 e. The minimum absolute atomic E-state index is 0.226. The zero-order valence-electron chi connectivity index (χ0n) is 12.8. The molecule has 1 heterocycles. The van der Waals surface area contributed by atoms with Gasteiger partial charge in [-0.15, -0.1) is 0 Å². The molecule has 8 N–H and O–H groups in total. The fourth-order valence-corrected chi connectivity index (χ4v) is 2.22. The summed E-state index contributed by atoms with van der Waals surface area (Å²) in [4.78, 5) is 25.5. The van der Waals surface area contributed by atoms with Crippen molar-refractivity contribution in [3.8, 4) is 0 Å². The molecule has 0 saturated carbocycles. The zero-order valence-corrected chi connectivity index (χ0v) is 12.8. The van der Waals surface area contributed by atoms with Crippen molar-refractivity contribution < 1.29 is 34.4 Å². The number of rotatable bonds is 8. The highest BCUT2D eigenvalue weighted by Crippen LogP contribution is 2.24. The van der Waals surface area contributed by atoms with Crippen molar-refractivity contribution in [3.05, 3.63) is 18.0 Å². The Balaban J connectivity index is 3.25. The second-order valence-corrected chi connectivity index (χ2v) is 4.93. The average Bonchev–Trinajstić information content (AvgIpc) is 2.51. The quantitative estimate of drug-likeness (QED) is 0.147. The van der Waals surface area contributed by atoms with Crippen LogP contribution in [-0.2, 0) is 19.1 Å². The molecule has 0 aromatic carbocycles. The molecule has 0 radical (unpaired) electrons. The molecule has 1 aliphatic rings. The van der Waals surface area contributed by atoms with E-state index >= 15 is 0 Å². The Kier molecular flexibility index (Phi) is 7.21. The van der Waals surface area contributed by atoms with Gasteiger partial charge in [-0.2, -0.15) is 0 Å². The number of carboxylic acid groups (broad SMARTS) is 1. The zero-order chi connectivity index (χ0) is 18.3. The van der Waals surface area contributed by atoms with Gasteiger partial charge in [0.15, 0.2) is 5.96 Å². The van der Waals surface area contributed by atoms with Crippen LogP contribution in [0.25, 0.3) is 0 Å². The van der Waals surface area contributed by atoms with Crippen LogP contribution < -0.4 is 16.8 Å². The number of aliphatic hydroxyl groups excluding tert-OH is 2. The molecule has 0 bridgehead atoms. The molecule has 0 aromatic heterocycles. The van der Waals surface area contributed by atoms with Crippen LogP contribution in [0.3, 0.4) is 0 Å². The van der Waals surface area contributed by atoms with Crippen LogP contribution in [0.15, 0.2) is 23.0 Å². The molecule has 5 atom stereocenters. The number of carbonyl (C=O) groups is 1. The minimum Gasteiger partial charge on any atom is -0.478 e. The van der Waals surface area contributed by atoms with Crippen molar-refractivity contribution >= 4 is 17.9 Å². The van der Waals surface area contributed by atoms with Crippen LogP contribution in [0.4, 0.5) is 0 Å². The molecular weight excluding hydrogens is 324 g/mol. The van der Waals surface area contributed by atoms with Gasteiger partial charge in [-0.25, -0.2) is 14.6 Å². The topological polar surface area (TPSA) is 190 Å². The molecule has 24 heavy (non-hydrogen) atoms. The number of methoxy groups -OCH3 is 1. The van der Waals surface area contributed by atoms with E-state index in [1.807, 2.05) is 0 Å². The van der Waals surface area contributed by atoms with E-state index in [9.17, 15) is 19.8 Å². The number of nitrogens with zero attached hydrogens (tertiary/aromatic N) is 1. The third kappa shape index (κ3) is 4.96. The van der Waals surface area contributed by atoms with Gasteiger partial charge in [-0.3, -0.25) is 0 Å². The third-order valence-electron chi connectivity index (χ3n) is 3.22. The Morgan fingerprint density at radius 2 is 2.25 bits per heavy atom. The van der Waals surface area contributed by atoms with Gasteiger partial charge >= 0.3 is 5.97 Å². The molecule has 1 aliphatic heterocycles. The highest BCUT2D eigenvalue weighted by Gasteiger charge is 2.43. The number of carboxylic acids is 1. The summed E-state index contributed by atoms with van der Waals surface area (Å²) in [6.45, 7) is -0.226. The lowest BCUT2D eigenvalue weighted by Gasteiger charge is -2.38. The van der Waals surface area contributed by atoms with Crippen LogP contribution in [0.5, 0.6) is 0 Å². The number of nitrogens with one attached hydrogen (secondary N) is 1. The van der Waals surface area contributed by atoms with Gasteiger partial charge in [-0.05, 0) is 6.08 Å². The van der Waals surface area contributed by atoms with E-state index in [-0.39, 0.29) is 12.6 Å². The molecular formula is C13H20N4O7. The predicted octanol–water partition coefficient (Wildman–Crippen LogP) is -3.33. The Morgan fingerprint density at radius 1 is 1.58 bits per heavy atom. The van der Waals surface area contributed by atoms with Crippen molar-refractivity contribution in [2.75, 3.05) is 13.7 Å². The first-order valence-electron chi connectivity index (χ1n) is 6.82. The van der Waals surface area contributed by atoms with Crippen molar-refractivity contribution in [2.24, 2.45) is 16.5 Å². The third-order valence-corrected chi connectivity index (χ3v) is 3.22. The molecule has 0 saturated heterocycles. The van der Waals surface area contributed by atoms with E-state index in [0.29, 0.717) is 0 Å². The first-order chi connectivity index (χ1) is 11.3. The maximum atomic E-state index is 11.2. The SMILES string of the molecule is COCC(O)C(O)[C@@H]1OC(C(=O)O)=CC(N=C(N)N)C1NC=C=O. The lowest BCUT2D eigenvalue weighted by molar-refractivity contribution is -0.145. The number of ether oxygens (including phenoxy) is 2. The van der Waals surface area contributed by atoms with Crippen molar-refractivity contribution in [1.29, 1.82) is 0 Å². The lowest BCUT2D eigenvalue weighted by Crippen LogP contribution is -2.58. The summed E-state index contributed by atoms with van der Waals surface area (Å²) < 4.78 is 9.97. The van der Waals surface area contributed by atoms with E-state index in [0.717, 1.165) is 12.3 Å². The highest BCUT2D eigenvalue weighted by atomic mass is 16.5. The van der Waals surface area contributed by atoms with Crippen molar-refractivity contribution in [1.82, 2.24) is 5.32 Å². The van der Waals surface area contributed by atoms with Gasteiger partial charge in [0.1, 0.15) is 24.3 Å². The van der Waals surface area contributed by atoms with Gasteiger partial charge in [0.2, 0.25) is 5.76 Å². The van der Waals surface area contributed by atoms with Gasteiger partial charge in [0.05, 0.1) is 24.9 Å². The number of aliphatic imine (C=N–C) groups is 1. The molecule has 1 rings (SSSR count).